The van der Waals surface area contributed by atoms with Gasteiger partial charge < -0.3 is 14.8 Å². The molecule has 1 saturated carbocycles. The number of pyridine rings is 1. The number of hydrogen-bond acceptors (Lipinski definition) is 4. The molecule has 2 heterocycles. The van der Waals surface area contributed by atoms with Crippen LogP contribution in [-0.4, -0.2) is 30.6 Å². The lowest BCUT2D eigenvalue weighted by Crippen LogP contribution is -2.37. The van der Waals surface area contributed by atoms with E-state index in [0.717, 1.165) is 29.0 Å². The first kappa shape index (κ1) is 16.9. The van der Waals surface area contributed by atoms with Crippen LogP contribution in [0.15, 0.2) is 42.7 Å². The van der Waals surface area contributed by atoms with Gasteiger partial charge >= 0.3 is 0 Å². The Kier molecular flexibility index (Phi) is 4.31. The number of nitrogens with one attached hydrogen (secondary N) is 1. The van der Waals surface area contributed by atoms with Gasteiger partial charge in [0.2, 0.25) is 5.91 Å². The van der Waals surface area contributed by atoms with Crippen LogP contribution >= 0.6 is 0 Å². The summed E-state index contributed by atoms with van der Waals surface area (Å²) in [5, 5.41) is 3.13. The van der Waals surface area contributed by atoms with Crippen molar-refractivity contribution in [3.63, 3.8) is 0 Å². The van der Waals surface area contributed by atoms with Crippen LogP contribution in [0.5, 0.6) is 11.5 Å². The third-order valence-corrected chi connectivity index (χ3v) is 5.27. The van der Waals surface area contributed by atoms with E-state index in [1.165, 1.54) is 0 Å². The van der Waals surface area contributed by atoms with E-state index in [4.69, 9.17) is 9.47 Å². The van der Waals surface area contributed by atoms with E-state index in [1.54, 1.807) is 6.20 Å². The highest BCUT2D eigenvalue weighted by molar-refractivity contribution is 5.83. The van der Waals surface area contributed by atoms with Crippen molar-refractivity contribution in [2.24, 2.45) is 5.92 Å². The highest BCUT2D eigenvalue weighted by Gasteiger charge is 2.44. The van der Waals surface area contributed by atoms with Gasteiger partial charge in [-0.1, -0.05) is 26.0 Å². The third-order valence-electron chi connectivity index (χ3n) is 5.27. The summed E-state index contributed by atoms with van der Waals surface area (Å²) in [7, 11) is 0. The molecule has 1 amide bonds. The average molecular weight is 352 g/mol. The van der Waals surface area contributed by atoms with Crippen LogP contribution in [-0.2, 0) is 10.2 Å². The monoisotopic (exact) mass is 352 g/mol. The predicted molar refractivity (Wildman–Crippen MR) is 98.6 cm³/mol. The van der Waals surface area contributed by atoms with Crippen LogP contribution in [0.3, 0.4) is 0 Å². The maximum atomic E-state index is 12.5. The highest BCUT2D eigenvalue weighted by atomic mass is 16.6. The molecule has 1 fully saturated rings. The van der Waals surface area contributed by atoms with E-state index in [2.05, 4.69) is 30.2 Å². The number of benzene rings is 1. The van der Waals surface area contributed by atoms with Gasteiger partial charge in [0, 0.05) is 30.3 Å². The lowest BCUT2D eigenvalue weighted by atomic mass is 9.84. The number of aromatic nitrogens is 1. The minimum atomic E-state index is -0.190. The van der Waals surface area contributed by atoms with Crippen molar-refractivity contribution in [1.82, 2.24) is 10.3 Å². The number of ether oxygens (including phenoxy) is 2. The van der Waals surface area contributed by atoms with Crippen molar-refractivity contribution in [2.75, 3.05) is 19.8 Å². The molecule has 0 spiro atoms. The first-order valence-electron chi connectivity index (χ1n) is 9.12. The maximum Gasteiger partial charge on any atom is 0.223 e. The van der Waals surface area contributed by atoms with Gasteiger partial charge in [0.25, 0.3) is 0 Å². The van der Waals surface area contributed by atoms with Crippen molar-refractivity contribution < 1.29 is 14.3 Å². The SMILES string of the molecule is CC(C)(CNC(=O)[C@@H]1C[C@@H]1c1cccnc1)c1ccc2c(c1)OCCO2. The van der Waals surface area contributed by atoms with E-state index in [9.17, 15) is 4.79 Å². The van der Waals surface area contributed by atoms with Crippen molar-refractivity contribution in [3.8, 4) is 11.5 Å². The topological polar surface area (TPSA) is 60.5 Å². The Bertz CT molecular complexity index is 804. The molecule has 1 N–H and O–H groups in total. The highest BCUT2D eigenvalue weighted by Crippen LogP contribution is 2.47. The molecule has 0 saturated heterocycles. The summed E-state index contributed by atoms with van der Waals surface area (Å²) >= 11 is 0. The Hall–Kier alpha value is -2.56. The summed E-state index contributed by atoms with van der Waals surface area (Å²) in [5.74, 6) is 2.07. The van der Waals surface area contributed by atoms with E-state index >= 15 is 0 Å². The molecule has 5 heteroatoms. The molecule has 136 valence electrons. The Balaban J connectivity index is 1.37. The number of hydrogen-bond donors (Lipinski definition) is 1. The number of rotatable bonds is 5. The molecule has 1 aliphatic carbocycles. The van der Waals surface area contributed by atoms with E-state index in [0.29, 0.717) is 25.7 Å². The Morgan fingerprint density at radius 3 is 2.81 bits per heavy atom. The summed E-state index contributed by atoms with van der Waals surface area (Å²) in [6.45, 7) is 6.01. The first-order valence-corrected chi connectivity index (χ1v) is 9.12. The Morgan fingerprint density at radius 1 is 1.23 bits per heavy atom. The van der Waals surface area contributed by atoms with Gasteiger partial charge in [-0.3, -0.25) is 9.78 Å². The average Bonchev–Trinajstić information content (AvgIpc) is 3.47. The van der Waals surface area contributed by atoms with Crippen LogP contribution in [0.1, 0.15) is 37.3 Å². The number of amides is 1. The lowest BCUT2D eigenvalue weighted by molar-refractivity contribution is -0.122. The van der Waals surface area contributed by atoms with Crippen molar-refractivity contribution >= 4 is 5.91 Å². The number of carbonyl (C=O) groups is 1. The molecule has 2 aliphatic rings. The minimum absolute atomic E-state index is 0.0651. The van der Waals surface area contributed by atoms with Crippen LogP contribution in [0.4, 0.5) is 0 Å². The van der Waals surface area contributed by atoms with E-state index in [1.807, 2.05) is 30.5 Å². The standard InChI is InChI=1S/C21H24N2O3/c1-21(2,15-5-6-18-19(10-15)26-9-8-25-18)13-23-20(24)17-11-16(17)14-4-3-7-22-12-14/h3-7,10,12,16-17H,8-9,11,13H2,1-2H3,(H,23,24)/t16-,17-/m1/s1. The van der Waals surface area contributed by atoms with Gasteiger partial charge in [0.15, 0.2) is 11.5 Å². The molecule has 5 nitrogen and oxygen atoms in total. The molecule has 1 aliphatic heterocycles. The summed E-state index contributed by atoms with van der Waals surface area (Å²) in [6, 6.07) is 10.00. The third kappa shape index (κ3) is 3.39. The molecule has 2 aromatic rings. The zero-order valence-corrected chi connectivity index (χ0v) is 15.2. The molecule has 0 unspecified atom stereocenters. The normalized spacial score (nSPS) is 21.2. The zero-order chi connectivity index (χ0) is 18.1. The van der Waals surface area contributed by atoms with Crippen LogP contribution in [0.2, 0.25) is 0 Å². The van der Waals surface area contributed by atoms with Gasteiger partial charge in [-0.25, -0.2) is 0 Å². The molecule has 0 radical (unpaired) electrons. The second-order valence-corrected chi connectivity index (χ2v) is 7.70. The fourth-order valence-electron chi connectivity index (χ4n) is 3.45. The quantitative estimate of drug-likeness (QED) is 0.898. The second-order valence-electron chi connectivity index (χ2n) is 7.70. The van der Waals surface area contributed by atoms with Gasteiger partial charge in [-0.05, 0) is 41.7 Å². The number of fused-ring (bicyclic) bond motifs is 1. The summed E-state index contributed by atoms with van der Waals surface area (Å²) in [4.78, 5) is 16.7. The van der Waals surface area contributed by atoms with Crippen LogP contribution in [0.25, 0.3) is 0 Å². The van der Waals surface area contributed by atoms with Crippen molar-refractivity contribution in [3.05, 3.63) is 53.9 Å². The largest absolute Gasteiger partial charge is 0.486 e. The van der Waals surface area contributed by atoms with Crippen LogP contribution in [0, 0.1) is 5.92 Å². The molecule has 0 bridgehead atoms. The van der Waals surface area contributed by atoms with Crippen molar-refractivity contribution in [2.45, 2.75) is 31.6 Å². The van der Waals surface area contributed by atoms with Gasteiger partial charge in [0.1, 0.15) is 13.2 Å². The summed E-state index contributed by atoms with van der Waals surface area (Å²) in [5.41, 5.74) is 2.09. The van der Waals surface area contributed by atoms with Gasteiger partial charge in [-0.2, -0.15) is 0 Å². The molecule has 26 heavy (non-hydrogen) atoms. The van der Waals surface area contributed by atoms with Gasteiger partial charge in [-0.15, -0.1) is 0 Å². The van der Waals surface area contributed by atoms with Crippen LogP contribution < -0.4 is 14.8 Å². The molecule has 1 aromatic heterocycles. The van der Waals surface area contributed by atoms with Gasteiger partial charge in [0.05, 0.1) is 0 Å². The second kappa shape index (κ2) is 6.63. The Labute approximate surface area is 153 Å². The Morgan fingerprint density at radius 2 is 2.04 bits per heavy atom. The van der Waals surface area contributed by atoms with Crippen molar-refractivity contribution in [1.29, 1.82) is 0 Å². The molecule has 1 aromatic carbocycles. The minimum Gasteiger partial charge on any atom is -0.486 e. The number of nitrogens with zero attached hydrogens (tertiary/aromatic N) is 1. The number of carbonyl (C=O) groups excluding carboxylic acids is 1. The molecular formula is C21H24N2O3. The smallest absolute Gasteiger partial charge is 0.223 e. The lowest BCUT2D eigenvalue weighted by Gasteiger charge is -2.28. The predicted octanol–water partition coefficient (Wildman–Crippen LogP) is 3.05. The molecular weight excluding hydrogens is 328 g/mol. The first-order chi connectivity index (χ1) is 12.5. The molecule has 4 rings (SSSR count). The van der Waals surface area contributed by atoms with E-state index < -0.39 is 0 Å². The zero-order valence-electron chi connectivity index (χ0n) is 15.2. The maximum absolute atomic E-state index is 12.5. The fraction of sp³-hybridized carbons (Fsp3) is 0.429. The summed E-state index contributed by atoms with van der Waals surface area (Å²) in [6.07, 6.45) is 4.52. The summed E-state index contributed by atoms with van der Waals surface area (Å²) < 4.78 is 11.3. The molecule has 2 atom stereocenters. The van der Waals surface area contributed by atoms with E-state index in [-0.39, 0.29) is 17.2 Å². The fourth-order valence-corrected chi connectivity index (χ4v) is 3.45.